The third-order valence-electron chi connectivity index (χ3n) is 2.99. The lowest BCUT2D eigenvalue weighted by Crippen LogP contribution is -2.15. The average Bonchev–Trinajstić information content (AvgIpc) is 2.43. The van der Waals surface area contributed by atoms with Gasteiger partial charge in [-0.25, -0.2) is 4.79 Å². The number of amides is 1. The highest BCUT2D eigenvalue weighted by atomic mass is 127. The molecule has 0 radical (unpaired) electrons. The second-order valence-electron chi connectivity index (χ2n) is 4.52. The van der Waals surface area contributed by atoms with E-state index in [1.807, 2.05) is 22.6 Å². The van der Waals surface area contributed by atoms with Crippen LogP contribution in [0.5, 0.6) is 0 Å². The Morgan fingerprint density at radius 2 is 1.90 bits per heavy atom. The number of aromatic carboxylic acids is 1. The second-order valence-corrected chi connectivity index (χ2v) is 5.77. The lowest BCUT2D eigenvalue weighted by molar-refractivity contribution is 0.0698. The van der Waals surface area contributed by atoms with Gasteiger partial charge in [0.15, 0.2) is 0 Å². The van der Waals surface area contributed by atoms with Gasteiger partial charge in [-0.1, -0.05) is 0 Å². The van der Waals surface area contributed by atoms with E-state index in [2.05, 4.69) is 5.32 Å². The first-order chi connectivity index (χ1) is 9.88. The predicted molar refractivity (Wildman–Crippen MR) is 89.7 cm³/mol. The van der Waals surface area contributed by atoms with Crippen LogP contribution < -0.4 is 11.1 Å². The SMILES string of the molecule is Cc1cc(C(=O)Nc2ccc(I)cc2C(=O)O)ccc1N. The number of carboxylic acid groups (broad SMARTS) is 1. The number of carbonyl (C=O) groups excluding carboxylic acids is 1. The fourth-order valence-electron chi connectivity index (χ4n) is 1.81. The van der Waals surface area contributed by atoms with Crippen molar-refractivity contribution in [3.63, 3.8) is 0 Å². The number of carbonyl (C=O) groups is 2. The van der Waals surface area contributed by atoms with Crippen molar-refractivity contribution in [2.45, 2.75) is 6.92 Å². The molecule has 0 bridgehead atoms. The van der Waals surface area contributed by atoms with Gasteiger partial charge in [-0.3, -0.25) is 4.79 Å². The molecule has 0 aliphatic rings. The van der Waals surface area contributed by atoms with Crippen LogP contribution in [0.15, 0.2) is 36.4 Å². The summed E-state index contributed by atoms with van der Waals surface area (Å²) in [5.41, 5.74) is 7.86. The first kappa shape index (κ1) is 15.3. The molecule has 2 rings (SSSR count). The van der Waals surface area contributed by atoms with Gasteiger partial charge in [-0.15, -0.1) is 0 Å². The lowest BCUT2D eigenvalue weighted by atomic mass is 10.1. The van der Waals surface area contributed by atoms with E-state index in [0.717, 1.165) is 9.13 Å². The summed E-state index contributed by atoms with van der Waals surface area (Å²) >= 11 is 2.02. The van der Waals surface area contributed by atoms with Gasteiger partial charge in [-0.2, -0.15) is 0 Å². The number of nitrogens with one attached hydrogen (secondary N) is 1. The Hall–Kier alpha value is -2.09. The standard InChI is InChI=1S/C15H13IN2O3/c1-8-6-9(2-4-12(8)17)14(19)18-13-5-3-10(16)7-11(13)15(20)21/h2-7H,17H2,1H3,(H,18,19)(H,20,21). The van der Waals surface area contributed by atoms with Crippen LogP contribution in [0.1, 0.15) is 26.3 Å². The number of hydrogen-bond donors (Lipinski definition) is 3. The molecule has 108 valence electrons. The summed E-state index contributed by atoms with van der Waals surface area (Å²) in [5, 5.41) is 11.8. The molecule has 0 aliphatic heterocycles. The third-order valence-corrected chi connectivity index (χ3v) is 3.66. The fraction of sp³-hybridized carbons (Fsp3) is 0.0667. The Labute approximate surface area is 135 Å². The Morgan fingerprint density at radius 1 is 1.19 bits per heavy atom. The Kier molecular flexibility index (Phi) is 4.46. The first-order valence-corrected chi connectivity index (χ1v) is 7.16. The van der Waals surface area contributed by atoms with Crippen molar-refractivity contribution < 1.29 is 14.7 Å². The molecule has 4 N–H and O–H groups in total. The van der Waals surface area contributed by atoms with Crippen LogP contribution in [0.4, 0.5) is 11.4 Å². The topological polar surface area (TPSA) is 92.4 Å². The fourth-order valence-corrected chi connectivity index (χ4v) is 2.31. The van der Waals surface area contributed by atoms with Gasteiger partial charge >= 0.3 is 5.97 Å². The van der Waals surface area contributed by atoms with Crippen LogP contribution in [0, 0.1) is 10.5 Å². The zero-order valence-electron chi connectivity index (χ0n) is 11.2. The minimum atomic E-state index is -1.09. The molecule has 0 unspecified atom stereocenters. The summed E-state index contributed by atoms with van der Waals surface area (Å²) in [6.45, 7) is 1.81. The maximum absolute atomic E-state index is 12.2. The number of halogens is 1. The quantitative estimate of drug-likeness (QED) is 0.549. The summed E-state index contributed by atoms with van der Waals surface area (Å²) in [6.07, 6.45) is 0. The molecular formula is C15H13IN2O3. The highest BCUT2D eigenvalue weighted by Crippen LogP contribution is 2.20. The number of carboxylic acids is 1. The second kappa shape index (κ2) is 6.13. The number of hydrogen-bond acceptors (Lipinski definition) is 3. The van der Waals surface area contributed by atoms with Gasteiger partial charge in [0.25, 0.3) is 5.91 Å². The van der Waals surface area contributed by atoms with Gasteiger partial charge in [-0.05, 0) is 71.5 Å². The van der Waals surface area contributed by atoms with Crippen LogP contribution in [0.25, 0.3) is 0 Å². The summed E-state index contributed by atoms with van der Waals surface area (Å²) in [5.74, 6) is -1.46. The highest BCUT2D eigenvalue weighted by Gasteiger charge is 2.14. The van der Waals surface area contributed by atoms with E-state index in [9.17, 15) is 14.7 Å². The van der Waals surface area contributed by atoms with Gasteiger partial charge < -0.3 is 16.2 Å². The zero-order valence-corrected chi connectivity index (χ0v) is 13.3. The number of nitrogens with two attached hydrogens (primary N) is 1. The molecule has 1 amide bonds. The molecule has 0 heterocycles. The Bertz CT molecular complexity index is 729. The maximum Gasteiger partial charge on any atom is 0.337 e. The number of benzene rings is 2. The van der Waals surface area contributed by atoms with Crippen molar-refractivity contribution in [3.05, 3.63) is 56.7 Å². The summed E-state index contributed by atoms with van der Waals surface area (Å²) in [4.78, 5) is 23.4. The molecule has 21 heavy (non-hydrogen) atoms. The molecule has 5 nitrogen and oxygen atoms in total. The summed E-state index contributed by atoms with van der Waals surface area (Å²) in [6, 6.07) is 9.73. The summed E-state index contributed by atoms with van der Waals surface area (Å²) in [7, 11) is 0. The smallest absolute Gasteiger partial charge is 0.337 e. The molecule has 0 saturated heterocycles. The van der Waals surface area contributed by atoms with E-state index in [-0.39, 0.29) is 17.2 Å². The first-order valence-electron chi connectivity index (χ1n) is 6.09. The average molecular weight is 396 g/mol. The molecule has 0 atom stereocenters. The number of rotatable bonds is 3. The van der Waals surface area contributed by atoms with Crippen molar-refractivity contribution in [2.75, 3.05) is 11.1 Å². The third kappa shape index (κ3) is 3.52. The monoisotopic (exact) mass is 396 g/mol. The van der Waals surface area contributed by atoms with Gasteiger partial charge in [0.1, 0.15) is 0 Å². The summed E-state index contributed by atoms with van der Waals surface area (Å²) < 4.78 is 0.784. The van der Waals surface area contributed by atoms with Crippen LogP contribution >= 0.6 is 22.6 Å². The van der Waals surface area contributed by atoms with Crippen molar-refractivity contribution in [1.82, 2.24) is 0 Å². The van der Waals surface area contributed by atoms with Crippen molar-refractivity contribution >= 4 is 45.8 Å². The normalized spacial score (nSPS) is 10.2. The van der Waals surface area contributed by atoms with Crippen LogP contribution in [0.3, 0.4) is 0 Å². The maximum atomic E-state index is 12.2. The van der Waals surface area contributed by atoms with Gasteiger partial charge in [0.2, 0.25) is 0 Å². The molecular weight excluding hydrogens is 383 g/mol. The van der Waals surface area contributed by atoms with Gasteiger partial charge in [0, 0.05) is 14.8 Å². The van der Waals surface area contributed by atoms with E-state index in [0.29, 0.717) is 11.3 Å². The van der Waals surface area contributed by atoms with E-state index in [4.69, 9.17) is 5.73 Å². The molecule has 0 aromatic heterocycles. The molecule has 2 aromatic rings. The van der Waals surface area contributed by atoms with E-state index in [1.165, 1.54) is 6.07 Å². The Balaban J connectivity index is 2.31. The molecule has 0 aliphatic carbocycles. The minimum absolute atomic E-state index is 0.0578. The van der Waals surface area contributed by atoms with Crippen molar-refractivity contribution in [3.8, 4) is 0 Å². The van der Waals surface area contributed by atoms with E-state index >= 15 is 0 Å². The number of anilines is 2. The van der Waals surface area contributed by atoms with Crippen molar-refractivity contribution in [1.29, 1.82) is 0 Å². The molecule has 0 spiro atoms. The minimum Gasteiger partial charge on any atom is -0.478 e. The predicted octanol–water partition coefficient (Wildman–Crippen LogP) is 3.13. The number of aryl methyl sites for hydroxylation is 1. The molecule has 0 saturated carbocycles. The van der Waals surface area contributed by atoms with Crippen LogP contribution in [-0.4, -0.2) is 17.0 Å². The van der Waals surface area contributed by atoms with Gasteiger partial charge in [0.05, 0.1) is 11.3 Å². The molecule has 2 aromatic carbocycles. The number of nitrogen functional groups attached to an aromatic ring is 1. The molecule has 0 fully saturated rings. The highest BCUT2D eigenvalue weighted by molar-refractivity contribution is 14.1. The van der Waals surface area contributed by atoms with Crippen LogP contribution in [0.2, 0.25) is 0 Å². The van der Waals surface area contributed by atoms with E-state index in [1.54, 1.807) is 37.3 Å². The lowest BCUT2D eigenvalue weighted by Gasteiger charge is -2.10. The largest absolute Gasteiger partial charge is 0.478 e. The van der Waals surface area contributed by atoms with E-state index < -0.39 is 5.97 Å². The van der Waals surface area contributed by atoms with Crippen LogP contribution in [-0.2, 0) is 0 Å². The zero-order chi connectivity index (χ0) is 15.6. The molecule has 6 heteroatoms. The Morgan fingerprint density at radius 3 is 2.52 bits per heavy atom. The van der Waals surface area contributed by atoms with Crippen molar-refractivity contribution in [2.24, 2.45) is 0 Å².